The standard InChI is InChI=1S/C46H45F2N9O7S/c1-24-18-31(19-25(2)39(24)47)57-41(55-15-14-54(45(55)60)36-9-8-35-32(40(36)48)23-65(61,62)52(35)5)38-27(4)53(13-10-33(38)50-57)42(58)37-21-30-20-29(28-11-16-63-17-12-28)6-7-34(30)56(37)46(22-26(46)3)43-49-44(59)64-51-43/h6-9,14-15,18-21,26-28H,10-13,16-17,22-23H2,1-5H3,(H,49,51,59)/t26-,27-,46-/m0/s1. The fourth-order valence-electron chi connectivity index (χ4n) is 10.6. The monoisotopic (exact) mass is 905 g/mol. The van der Waals surface area contributed by atoms with Crippen molar-refractivity contribution in [2.24, 2.45) is 5.92 Å². The van der Waals surface area contributed by atoms with Crippen LogP contribution < -0.4 is 15.8 Å². The lowest BCUT2D eigenvalue weighted by molar-refractivity contribution is 0.0663. The number of ether oxygens (including phenoxy) is 1. The van der Waals surface area contributed by atoms with E-state index >= 15 is 13.6 Å². The number of hydrogen-bond donors (Lipinski definition) is 1. The molecule has 65 heavy (non-hydrogen) atoms. The number of nitrogens with one attached hydrogen (secondary N) is 1. The zero-order chi connectivity index (χ0) is 45.4. The van der Waals surface area contributed by atoms with Crippen molar-refractivity contribution in [3.05, 3.63) is 139 Å². The number of benzene rings is 3. The Morgan fingerprint density at radius 3 is 2.34 bits per heavy atom. The highest BCUT2D eigenvalue weighted by Gasteiger charge is 2.59. The molecule has 0 bridgehead atoms. The number of rotatable bonds is 7. The molecule has 4 aliphatic rings. The van der Waals surface area contributed by atoms with Gasteiger partial charge in [0.05, 0.1) is 34.6 Å². The van der Waals surface area contributed by atoms with Gasteiger partial charge in [0.1, 0.15) is 22.9 Å². The molecule has 1 amide bonds. The molecule has 11 rings (SSSR count). The second-order valence-corrected chi connectivity index (χ2v) is 19.9. The number of amides is 1. The van der Waals surface area contributed by atoms with Gasteiger partial charge in [0, 0.05) is 67.7 Å². The van der Waals surface area contributed by atoms with Crippen LogP contribution in [0.4, 0.5) is 14.5 Å². The number of hydrogen-bond acceptors (Lipinski definition) is 9. The number of aromatic amines is 1. The van der Waals surface area contributed by atoms with Crippen molar-refractivity contribution >= 4 is 32.5 Å². The van der Waals surface area contributed by atoms with E-state index in [4.69, 9.17) is 14.4 Å². The van der Waals surface area contributed by atoms with Crippen molar-refractivity contribution in [1.29, 1.82) is 0 Å². The van der Waals surface area contributed by atoms with Crippen molar-refractivity contribution in [2.75, 3.05) is 31.1 Å². The zero-order valence-corrected chi connectivity index (χ0v) is 37.1. The van der Waals surface area contributed by atoms with Gasteiger partial charge in [0.2, 0.25) is 10.0 Å². The van der Waals surface area contributed by atoms with Gasteiger partial charge in [-0.1, -0.05) is 18.1 Å². The van der Waals surface area contributed by atoms with Gasteiger partial charge in [-0.25, -0.2) is 31.5 Å². The number of halogens is 2. The van der Waals surface area contributed by atoms with Crippen LogP contribution in [0.3, 0.4) is 0 Å². The molecular formula is C46H45F2N9O7S. The van der Waals surface area contributed by atoms with Crippen LogP contribution in [-0.2, 0) is 32.5 Å². The van der Waals surface area contributed by atoms with Crippen LogP contribution in [0.15, 0.2) is 75.0 Å². The third-order valence-corrected chi connectivity index (χ3v) is 15.9. The third kappa shape index (κ3) is 6.07. The minimum atomic E-state index is -3.78. The first-order valence-electron chi connectivity index (χ1n) is 21.7. The Labute approximate surface area is 370 Å². The number of carbonyl (C=O) groups excluding carboxylic acids is 1. The van der Waals surface area contributed by atoms with Gasteiger partial charge < -0.3 is 14.2 Å². The summed E-state index contributed by atoms with van der Waals surface area (Å²) in [5.41, 5.74) is 3.16. The Morgan fingerprint density at radius 2 is 1.65 bits per heavy atom. The number of aryl methyl sites for hydroxylation is 2. The van der Waals surface area contributed by atoms with Gasteiger partial charge in [-0.15, -0.1) is 0 Å². The number of H-pyrrole nitrogens is 1. The molecule has 19 heteroatoms. The first kappa shape index (κ1) is 41.1. The number of carbonyl (C=O) groups is 1. The summed E-state index contributed by atoms with van der Waals surface area (Å²) >= 11 is 0. The average molecular weight is 906 g/mol. The molecule has 1 aliphatic carbocycles. The normalized spacial score (nSPS) is 21.6. The molecule has 1 saturated carbocycles. The summed E-state index contributed by atoms with van der Waals surface area (Å²) in [6.07, 6.45) is 5.54. The van der Waals surface area contributed by atoms with E-state index in [1.54, 1.807) is 35.6 Å². The molecule has 7 heterocycles. The van der Waals surface area contributed by atoms with E-state index in [0.717, 1.165) is 38.2 Å². The molecule has 336 valence electrons. The summed E-state index contributed by atoms with van der Waals surface area (Å²) < 4.78 is 74.5. The van der Waals surface area contributed by atoms with Crippen molar-refractivity contribution < 1.29 is 31.3 Å². The van der Waals surface area contributed by atoms with E-state index in [0.29, 0.717) is 71.6 Å². The Kier molecular flexibility index (Phi) is 9.14. The number of anilines is 1. The first-order valence-corrected chi connectivity index (χ1v) is 23.3. The van der Waals surface area contributed by atoms with Crippen LogP contribution in [0, 0.1) is 31.4 Å². The lowest BCUT2D eigenvalue weighted by Crippen LogP contribution is -2.41. The highest BCUT2D eigenvalue weighted by molar-refractivity contribution is 7.92. The van der Waals surface area contributed by atoms with Crippen molar-refractivity contribution in [2.45, 2.75) is 76.6 Å². The quantitative estimate of drug-likeness (QED) is 0.200. The van der Waals surface area contributed by atoms with Gasteiger partial charge >= 0.3 is 11.4 Å². The lowest BCUT2D eigenvalue weighted by Gasteiger charge is -2.34. The van der Waals surface area contributed by atoms with Gasteiger partial charge in [0.25, 0.3) is 5.91 Å². The largest absolute Gasteiger partial charge is 0.438 e. The summed E-state index contributed by atoms with van der Waals surface area (Å²) in [5, 5.41) is 10.0. The Bertz CT molecular complexity index is 3370. The van der Waals surface area contributed by atoms with E-state index in [-0.39, 0.29) is 46.9 Å². The van der Waals surface area contributed by atoms with Crippen LogP contribution in [0.2, 0.25) is 0 Å². The number of fused-ring (bicyclic) bond motifs is 3. The molecule has 7 aromatic rings. The maximum absolute atomic E-state index is 16.3. The van der Waals surface area contributed by atoms with Crippen molar-refractivity contribution in [1.82, 2.24) is 38.5 Å². The van der Waals surface area contributed by atoms with E-state index in [1.807, 2.05) is 30.5 Å². The predicted octanol–water partition coefficient (Wildman–Crippen LogP) is 6.06. The molecule has 1 N–H and O–H groups in total. The minimum Gasteiger partial charge on any atom is -0.381 e. The smallest absolute Gasteiger partial charge is 0.381 e. The SMILES string of the molecule is Cc1cc(-n2nc3c(c2-n2ccn(-c4ccc5c(c4F)CS(=O)(=O)N5C)c2=O)[C@H](C)N(C(=O)c2cc4cc(C5CCOCC5)ccc4n2[C@@]2(c4noc(=O)[nH]4)C[C@@H]2C)CC3)cc(C)c1F. The van der Waals surface area contributed by atoms with E-state index in [2.05, 4.69) is 22.3 Å². The van der Waals surface area contributed by atoms with Crippen LogP contribution in [-0.4, -0.2) is 79.7 Å². The predicted molar refractivity (Wildman–Crippen MR) is 235 cm³/mol. The summed E-state index contributed by atoms with van der Waals surface area (Å²) in [4.78, 5) is 47.1. The van der Waals surface area contributed by atoms with Crippen LogP contribution in [0.25, 0.3) is 28.1 Å². The van der Waals surface area contributed by atoms with E-state index < -0.39 is 44.6 Å². The second-order valence-electron chi connectivity index (χ2n) is 17.9. The maximum atomic E-state index is 16.3. The molecule has 3 aromatic carbocycles. The van der Waals surface area contributed by atoms with Crippen molar-refractivity contribution in [3.63, 3.8) is 0 Å². The lowest BCUT2D eigenvalue weighted by atomic mass is 9.91. The number of sulfonamides is 1. The van der Waals surface area contributed by atoms with E-state index in [1.165, 1.54) is 36.1 Å². The minimum absolute atomic E-state index is 0.0184. The number of aromatic nitrogens is 7. The van der Waals surface area contributed by atoms with Crippen LogP contribution in [0.1, 0.15) is 94.9 Å². The number of imidazole rings is 1. The molecule has 2 fully saturated rings. The molecule has 3 atom stereocenters. The molecule has 0 spiro atoms. The molecule has 1 saturated heterocycles. The maximum Gasteiger partial charge on any atom is 0.438 e. The molecule has 0 radical (unpaired) electrons. The summed E-state index contributed by atoms with van der Waals surface area (Å²) in [6.45, 7) is 8.80. The molecule has 3 aliphatic heterocycles. The fourth-order valence-corrected chi connectivity index (χ4v) is 11.9. The molecule has 0 unspecified atom stereocenters. The average Bonchev–Trinajstić information content (AvgIpc) is 3.86. The van der Waals surface area contributed by atoms with Gasteiger partial charge in [0.15, 0.2) is 11.6 Å². The van der Waals surface area contributed by atoms with E-state index in [9.17, 15) is 18.0 Å². The molecule has 16 nitrogen and oxygen atoms in total. The summed E-state index contributed by atoms with van der Waals surface area (Å²) in [5.74, 6) is -1.87. The second kappa shape index (κ2) is 14.5. The molecule has 4 aromatic heterocycles. The molecular weight excluding hydrogens is 861 g/mol. The summed E-state index contributed by atoms with van der Waals surface area (Å²) in [6, 6.07) is 13.6. The first-order chi connectivity index (χ1) is 31.1. The third-order valence-electron chi connectivity index (χ3n) is 14.2. The Hall–Kier alpha value is -6.60. The van der Waals surface area contributed by atoms with Gasteiger partial charge in [-0.2, -0.15) is 5.10 Å². The topological polar surface area (TPSA) is 175 Å². The zero-order valence-electron chi connectivity index (χ0n) is 36.3. The van der Waals surface area contributed by atoms with Gasteiger partial charge in [-0.05, 0) is 111 Å². The Morgan fingerprint density at radius 1 is 0.938 bits per heavy atom. The fraction of sp³-hybridized carbons (Fsp3) is 0.370. The van der Waals surface area contributed by atoms with Crippen LogP contribution >= 0.6 is 0 Å². The highest BCUT2D eigenvalue weighted by atomic mass is 32.2. The highest BCUT2D eigenvalue weighted by Crippen LogP contribution is 2.56. The summed E-state index contributed by atoms with van der Waals surface area (Å²) in [7, 11) is -2.42. The number of nitrogens with zero attached hydrogens (tertiary/aromatic N) is 8. The Balaban J connectivity index is 1.06. The van der Waals surface area contributed by atoms with Crippen LogP contribution in [0.5, 0.6) is 0 Å². The van der Waals surface area contributed by atoms with Crippen molar-refractivity contribution in [3.8, 4) is 17.2 Å². The van der Waals surface area contributed by atoms with Gasteiger partial charge in [-0.3, -0.25) is 27.7 Å².